The number of hydrogen-bond acceptors (Lipinski definition) is 6. The first kappa shape index (κ1) is 19.6. The first-order valence-corrected chi connectivity index (χ1v) is 11.0. The van der Waals surface area contributed by atoms with E-state index in [1.54, 1.807) is 17.4 Å². The van der Waals surface area contributed by atoms with E-state index in [4.69, 9.17) is 5.73 Å². The Morgan fingerprint density at radius 1 is 1.06 bits per heavy atom. The van der Waals surface area contributed by atoms with Crippen LogP contribution in [0, 0.1) is 0 Å². The maximum absolute atomic E-state index is 11.9. The fourth-order valence-corrected chi connectivity index (χ4v) is 5.04. The molecule has 156 valence electrons. The summed E-state index contributed by atoms with van der Waals surface area (Å²) in [6.07, 6.45) is 7.77. The molecule has 6 nitrogen and oxygen atoms in total. The largest absolute Gasteiger partial charge is 0.366 e. The normalized spacial score (nSPS) is 20.1. The third kappa shape index (κ3) is 3.86. The molecule has 0 spiro atoms. The topological polar surface area (TPSA) is 91.2 Å². The highest BCUT2D eigenvalue weighted by Gasteiger charge is 2.30. The van der Waals surface area contributed by atoms with Gasteiger partial charge in [0.1, 0.15) is 12.3 Å². The van der Waals surface area contributed by atoms with Crippen LogP contribution in [0.5, 0.6) is 0 Å². The lowest BCUT2D eigenvalue weighted by Crippen LogP contribution is -2.55. The standard InChI is InChI=1S/C24H23N5OS/c25-22(30)17-10-6-9-16-18(17)14-31-21(16)24-28-19-11-4-5-12-26-20(19)23(29-24)27-13-15-7-2-1-3-8-15/h1-12,14,23-24,26-29H,13H2,(H2,25,30). The summed E-state index contributed by atoms with van der Waals surface area (Å²) in [5.74, 6) is -0.408. The molecule has 0 bridgehead atoms. The number of primary amides is 1. The van der Waals surface area contributed by atoms with Crippen LogP contribution in [0.25, 0.3) is 10.8 Å². The van der Waals surface area contributed by atoms with E-state index in [2.05, 4.69) is 39.5 Å². The number of carbonyl (C=O) groups is 1. The molecule has 2 atom stereocenters. The van der Waals surface area contributed by atoms with E-state index >= 15 is 0 Å². The average molecular weight is 430 g/mol. The molecule has 0 fully saturated rings. The Balaban J connectivity index is 1.48. The monoisotopic (exact) mass is 429 g/mol. The molecule has 3 aromatic rings. The zero-order valence-electron chi connectivity index (χ0n) is 16.8. The van der Waals surface area contributed by atoms with Crippen molar-refractivity contribution in [3.63, 3.8) is 0 Å². The van der Waals surface area contributed by atoms with Crippen LogP contribution in [0.4, 0.5) is 0 Å². The van der Waals surface area contributed by atoms with Crippen LogP contribution >= 0.6 is 11.3 Å². The Kier molecular flexibility index (Phi) is 5.30. The van der Waals surface area contributed by atoms with E-state index in [1.807, 2.05) is 54.1 Å². The van der Waals surface area contributed by atoms with Crippen molar-refractivity contribution in [1.29, 1.82) is 0 Å². The first-order valence-electron chi connectivity index (χ1n) is 10.1. The van der Waals surface area contributed by atoms with Gasteiger partial charge in [0.15, 0.2) is 0 Å². The van der Waals surface area contributed by atoms with Gasteiger partial charge in [-0.3, -0.25) is 15.4 Å². The molecule has 31 heavy (non-hydrogen) atoms. The van der Waals surface area contributed by atoms with Crippen LogP contribution in [0.15, 0.2) is 89.7 Å². The first-order chi connectivity index (χ1) is 15.2. The van der Waals surface area contributed by atoms with Gasteiger partial charge in [-0.25, -0.2) is 0 Å². The van der Waals surface area contributed by atoms with Gasteiger partial charge in [0.2, 0.25) is 5.91 Å². The van der Waals surface area contributed by atoms with Crippen molar-refractivity contribution >= 4 is 28.0 Å². The highest BCUT2D eigenvalue weighted by atomic mass is 32.1. The van der Waals surface area contributed by atoms with E-state index in [0.29, 0.717) is 5.56 Å². The third-order valence-electron chi connectivity index (χ3n) is 5.48. The highest BCUT2D eigenvalue weighted by molar-refractivity contribution is 7.11. The zero-order valence-corrected chi connectivity index (χ0v) is 17.6. The Bertz CT molecular complexity index is 1210. The number of nitrogens with two attached hydrogens (primary N) is 1. The maximum Gasteiger partial charge on any atom is 0.249 e. The van der Waals surface area contributed by atoms with Crippen molar-refractivity contribution in [3.05, 3.63) is 106 Å². The Labute approximate surface area is 184 Å². The van der Waals surface area contributed by atoms with Gasteiger partial charge in [0, 0.05) is 28.6 Å². The lowest BCUT2D eigenvalue weighted by molar-refractivity contribution is 0.100. The summed E-state index contributed by atoms with van der Waals surface area (Å²) in [4.78, 5) is 13.0. The molecule has 0 aliphatic carbocycles. The van der Waals surface area contributed by atoms with Crippen LogP contribution in [-0.4, -0.2) is 12.1 Å². The van der Waals surface area contributed by atoms with Crippen molar-refractivity contribution in [2.75, 3.05) is 0 Å². The van der Waals surface area contributed by atoms with Crippen molar-refractivity contribution < 1.29 is 4.79 Å². The Morgan fingerprint density at radius 3 is 2.77 bits per heavy atom. The minimum atomic E-state index is -0.408. The molecule has 1 amide bonds. The van der Waals surface area contributed by atoms with Gasteiger partial charge in [-0.05, 0) is 34.5 Å². The summed E-state index contributed by atoms with van der Waals surface area (Å²) in [7, 11) is 0. The van der Waals surface area contributed by atoms with Crippen molar-refractivity contribution in [2.24, 2.45) is 5.73 Å². The molecule has 2 unspecified atom stereocenters. The molecular formula is C24H23N5OS. The van der Waals surface area contributed by atoms with Gasteiger partial charge in [0.05, 0.1) is 11.4 Å². The van der Waals surface area contributed by atoms with Crippen LogP contribution in [0.1, 0.15) is 27.0 Å². The Morgan fingerprint density at radius 2 is 1.94 bits per heavy atom. The molecule has 5 rings (SSSR count). The predicted molar refractivity (Wildman–Crippen MR) is 125 cm³/mol. The number of benzene rings is 2. The minimum absolute atomic E-state index is 0.0923. The lowest BCUT2D eigenvalue weighted by Gasteiger charge is -2.36. The zero-order chi connectivity index (χ0) is 21.2. The van der Waals surface area contributed by atoms with Crippen LogP contribution in [0.2, 0.25) is 0 Å². The molecule has 3 heterocycles. The SMILES string of the molecule is NC(=O)c1cccc2c(C3NC4=C(NC=CC=C4)C(NCc4ccccc4)N3)scc12. The smallest absolute Gasteiger partial charge is 0.249 e. The summed E-state index contributed by atoms with van der Waals surface area (Å²) in [6, 6.07) is 16.0. The molecular weight excluding hydrogens is 406 g/mol. The molecule has 6 N–H and O–H groups in total. The fourth-order valence-electron chi connectivity index (χ4n) is 3.97. The summed E-state index contributed by atoms with van der Waals surface area (Å²) in [5.41, 5.74) is 9.41. The molecule has 0 radical (unpaired) electrons. The minimum Gasteiger partial charge on any atom is -0.366 e. The van der Waals surface area contributed by atoms with Crippen LogP contribution < -0.4 is 27.0 Å². The second-order valence-electron chi connectivity index (χ2n) is 7.46. The third-order valence-corrected chi connectivity index (χ3v) is 6.54. The van der Waals surface area contributed by atoms with Gasteiger partial charge >= 0.3 is 0 Å². The van der Waals surface area contributed by atoms with E-state index in [0.717, 1.165) is 33.6 Å². The number of rotatable bonds is 5. The molecule has 0 saturated carbocycles. The van der Waals surface area contributed by atoms with E-state index in [1.165, 1.54) is 5.56 Å². The molecule has 7 heteroatoms. The van der Waals surface area contributed by atoms with Crippen molar-refractivity contribution in [1.82, 2.24) is 21.3 Å². The van der Waals surface area contributed by atoms with Crippen molar-refractivity contribution in [2.45, 2.75) is 18.9 Å². The van der Waals surface area contributed by atoms with Crippen molar-refractivity contribution in [3.8, 4) is 0 Å². The van der Waals surface area contributed by atoms with Crippen LogP contribution in [0.3, 0.4) is 0 Å². The van der Waals surface area contributed by atoms with E-state index in [9.17, 15) is 4.79 Å². The lowest BCUT2D eigenvalue weighted by atomic mass is 10.0. The molecule has 1 aromatic heterocycles. The number of carbonyl (C=O) groups excluding carboxylic acids is 1. The fraction of sp³-hybridized carbons (Fsp3) is 0.125. The summed E-state index contributed by atoms with van der Waals surface area (Å²) >= 11 is 1.62. The molecule has 2 aliphatic rings. The highest BCUT2D eigenvalue weighted by Crippen LogP contribution is 2.34. The number of fused-ring (bicyclic) bond motifs is 1. The maximum atomic E-state index is 11.9. The second kappa shape index (κ2) is 8.39. The Hall–Kier alpha value is -3.39. The average Bonchev–Trinajstić information content (AvgIpc) is 3.08. The second-order valence-corrected chi connectivity index (χ2v) is 8.38. The van der Waals surface area contributed by atoms with Gasteiger partial charge < -0.3 is 16.4 Å². The molecule has 2 aliphatic heterocycles. The van der Waals surface area contributed by atoms with Gasteiger partial charge in [-0.2, -0.15) is 0 Å². The quantitative estimate of drug-likeness (QED) is 0.430. The number of allylic oxidation sites excluding steroid dienone is 3. The number of thiophene rings is 1. The summed E-state index contributed by atoms with van der Waals surface area (Å²) in [5, 5.41) is 18.2. The van der Waals surface area contributed by atoms with E-state index < -0.39 is 5.91 Å². The summed E-state index contributed by atoms with van der Waals surface area (Å²) < 4.78 is 0. The van der Waals surface area contributed by atoms with E-state index in [-0.39, 0.29) is 12.3 Å². The molecule has 2 aromatic carbocycles. The predicted octanol–water partition coefficient (Wildman–Crippen LogP) is 3.19. The number of amides is 1. The summed E-state index contributed by atoms with van der Waals surface area (Å²) in [6.45, 7) is 0.730. The molecule has 0 saturated heterocycles. The van der Waals surface area contributed by atoms with Crippen LogP contribution in [-0.2, 0) is 6.54 Å². The van der Waals surface area contributed by atoms with Gasteiger partial charge in [-0.15, -0.1) is 11.3 Å². The number of nitrogens with one attached hydrogen (secondary N) is 4. The van der Waals surface area contributed by atoms with Gasteiger partial charge in [0.25, 0.3) is 0 Å². The number of hydrogen-bond donors (Lipinski definition) is 5. The van der Waals surface area contributed by atoms with Gasteiger partial charge in [-0.1, -0.05) is 48.5 Å².